The third-order valence-corrected chi connectivity index (χ3v) is 5.19. The zero-order valence-corrected chi connectivity index (χ0v) is 13.1. The van der Waals surface area contributed by atoms with E-state index in [1.807, 2.05) is 13.8 Å². The van der Waals surface area contributed by atoms with Crippen LogP contribution >= 0.6 is 0 Å². The Kier molecular flexibility index (Phi) is 7.87. The molecule has 1 aromatic carbocycles. The Bertz CT molecular complexity index is 386. The van der Waals surface area contributed by atoms with Crippen molar-refractivity contribution < 1.29 is 22.0 Å². The first kappa shape index (κ1) is 17.2. The molecule has 1 aromatic rings. The van der Waals surface area contributed by atoms with Gasteiger partial charge in [0.2, 0.25) is 0 Å². The minimum absolute atomic E-state index is 0.479. The normalized spacial score (nSPS) is 11.3. The molecule has 0 fully saturated rings. The van der Waals surface area contributed by atoms with Gasteiger partial charge >= 0.3 is 9.28 Å². The molecule has 0 N–H and O–H groups in total. The van der Waals surface area contributed by atoms with Crippen LogP contribution < -0.4 is 0 Å². The van der Waals surface area contributed by atoms with Gasteiger partial charge in [0.1, 0.15) is 0 Å². The molecule has 0 saturated heterocycles. The summed E-state index contributed by atoms with van der Waals surface area (Å²) in [6, 6.07) is 2.98. The number of benzene rings is 1. The summed E-state index contributed by atoms with van der Waals surface area (Å²) in [5.41, 5.74) is 0.479. The molecular formula is C14H21F3O2Si. The molecule has 0 unspecified atom stereocenters. The summed E-state index contributed by atoms with van der Waals surface area (Å²) in [4.78, 5) is 0. The van der Waals surface area contributed by atoms with Crippen molar-refractivity contribution in [2.75, 3.05) is 13.2 Å². The number of unbranched alkanes of at least 4 members (excludes halogenated alkanes) is 1. The minimum atomic E-state index is -1.60. The molecule has 0 heterocycles. The number of hydrogen-bond donors (Lipinski definition) is 0. The van der Waals surface area contributed by atoms with Gasteiger partial charge in [-0.1, -0.05) is 6.42 Å². The second-order valence-corrected chi connectivity index (χ2v) is 6.56. The van der Waals surface area contributed by atoms with E-state index >= 15 is 0 Å². The van der Waals surface area contributed by atoms with Gasteiger partial charge in [-0.05, 0) is 50.4 Å². The third-order valence-electron chi connectivity index (χ3n) is 2.90. The van der Waals surface area contributed by atoms with Crippen LogP contribution in [0.1, 0.15) is 32.3 Å². The van der Waals surface area contributed by atoms with Gasteiger partial charge in [-0.2, -0.15) is 0 Å². The maximum Gasteiger partial charge on any atom is 0.321 e. The predicted octanol–water partition coefficient (Wildman–Crippen LogP) is 3.72. The van der Waals surface area contributed by atoms with E-state index in [2.05, 4.69) is 0 Å². The van der Waals surface area contributed by atoms with Gasteiger partial charge in [0, 0.05) is 13.2 Å². The Morgan fingerprint density at radius 2 is 1.50 bits per heavy atom. The van der Waals surface area contributed by atoms with Gasteiger partial charge in [-0.25, -0.2) is 13.2 Å². The highest BCUT2D eigenvalue weighted by Gasteiger charge is 2.13. The lowest BCUT2D eigenvalue weighted by Gasteiger charge is -2.14. The maximum absolute atomic E-state index is 13.0. The molecule has 0 aliphatic carbocycles. The van der Waals surface area contributed by atoms with E-state index in [1.165, 1.54) is 0 Å². The van der Waals surface area contributed by atoms with Crippen molar-refractivity contribution in [3.8, 4) is 0 Å². The molecule has 0 radical (unpaired) electrons. The van der Waals surface area contributed by atoms with Crippen LogP contribution in [0.4, 0.5) is 13.2 Å². The largest absolute Gasteiger partial charge is 0.397 e. The number of halogens is 3. The van der Waals surface area contributed by atoms with Crippen molar-refractivity contribution >= 4 is 9.28 Å². The molecule has 2 nitrogen and oxygen atoms in total. The van der Waals surface area contributed by atoms with Crippen molar-refractivity contribution in [1.29, 1.82) is 0 Å². The van der Waals surface area contributed by atoms with Gasteiger partial charge in [-0.15, -0.1) is 0 Å². The summed E-state index contributed by atoms with van der Waals surface area (Å²) in [5.74, 6) is -3.67. The molecule has 20 heavy (non-hydrogen) atoms. The predicted molar refractivity (Wildman–Crippen MR) is 74.5 cm³/mol. The highest BCUT2D eigenvalue weighted by Crippen LogP contribution is 2.16. The van der Waals surface area contributed by atoms with Crippen molar-refractivity contribution in [3.63, 3.8) is 0 Å². The lowest BCUT2D eigenvalue weighted by atomic mass is 10.1. The van der Waals surface area contributed by atoms with Crippen LogP contribution in [0.3, 0.4) is 0 Å². The van der Waals surface area contributed by atoms with Crippen LogP contribution in [0.2, 0.25) is 6.04 Å². The number of rotatable bonds is 9. The smallest absolute Gasteiger partial charge is 0.321 e. The fourth-order valence-corrected chi connectivity index (χ4v) is 3.77. The number of aryl methyl sites for hydroxylation is 1. The third kappa shape index (κ3) is 5.64. The van der Waals surface area contributed by atoms with E-state index < -0.39 is 26.7 Å². The quantitative estimate of drug-likeness (QED) is 0.393. The first-order valence-electron chi connectivity index (χ1n) is 6.95. The molecule has 0 bridgehead atoms. The lowest BCUT2D eigenvalue weighted by Crippen LogP contribution is -2.22. The summed E-state index contributed by atoms with van der Waals surface area (Å²) in [6.45, 7) is 5.16. The van der Waals surface area contributed by atoms with Crippen LogP contribution in [0.5, 0.6) is 0 Å². The Labute approximate surface area is 119 Å². The molecule has 0 amide bonds. The van der Waals surface area contributed by atoms with Crippen LogP contribution in [0.15, 0.2) is 12.1 Å². The molecule has 0 saturated carbocycles. The zero-order valence-electron chi connectivity index (χ0n) is 11.9. The molecular weight excluding hydrogens is 285 g/mol. The zero-order chi connectivity index (χ0) is 15.0. The van der Waals surface area contributed by atoms with Gasteiger partial charge in [-0.3, -0.25) is 0 Å². The van der Waals surface area contributed by atoms with Crippen molar-refractivity contribution in [2.45, 2.75) is 39.2 Å². The Balaban J connectivity index is 2.37. The Morgan fingerprint density at radius 1 is 0.950 bits per heavy atom. The Hall–Kier alpha value is -0.853. The average Bonchev–Trinajstić information content (AvgIpc) is 2.41. The lowest BCUT2D eigenvalue weighted by molar-refractivity contribution is 0.212. The molecule has 0 aromatic heterocycles. The van der Waals surface area contributed by atoms with Crippen molar-refractivity contribution in [1.82, 2.24) is 0 Å². The van der Waals surface area contributed by atoms with Gasteiger partial charge < -0.3 is 8.85 Å². The van der Waals surface area contributed by atoms with E-state index in [0.29, 0.717) is 25.2 Å². The molecule has 0 aliphatic heterocycles. The molecule has 0 aliphatic rings. The van der Waals surface area contributed by atoms with E-state index in [4.69, 9.17) is 8.85 Å². The highest BCUT2D eigenvalue weighted by atomic mass is 28.3. The molecule has 1 rings (SSSR count). The summed E-state index contributed by atoms with van der Waals surface area (Å²) in [5, 5.41) is 0. The first-order valence-corrected chi connectivity index (χ1v) is 8.71. The molecule has 114 valence electrons. The van der Waals surface area contributed by atoms with Crippen molar-refractivity contribution in [2.24, 2.45) is 0 Å². The summed E-state index contributed by atoms with van der Waals surface area (Å²) in [6.07, 6.45) is 2.17. The van der Waals surface area contributed by atoms with Gasteiger partial charge in [0.05, 0.1) is 0 Å². The van der Waals surface area contributed by atoms with Crippen LogP contribution in [-0.2, 0) is 15.3 Å². The van der Waals surface area contributed by atoms with Crippen LogP contribution in [-0.4, -0.2) is 22.5 Å². The van der Waals surface area contributed by atoms with Crippen LogP contribution in [0, 0.1) is 17.5 Å². The number of hydrogen-bond acceptors (Lipinski definition) is 2. The maximum atomic E-state index is 13.0. The summed E-state index contributed by atoms with van der Waals surface area (Å²) in [7, 11) is -1.60. The summed E-state index contributed by atoms with van der Waals surface area (Å²) >= 11 is 0. The molecule has 0 atom stereocenters. The monoisotopic (exact) mass is 306 g/mol. The van der Waals surface area contributed by atoms with E-state index in [0.717, 1.165) is 31.0 Å². The minimum Gasteiger partial charge on any atom is -0.397 e. The van der Waals surface area contributed by atoms with Crippen LogP contribution in [0.25, 0.3) is 0 Å². The second kappa shape index (κ2) is 9.15. The Morgan fingerprint density at radius 3 is 2.00 bits per heavy atom. The van der Waals surface area contributed by atoms with Gasteiger partial charge in [0.25, 0.3) is 0 Å². The van der Waals surface area contributed by atoms with Gasteiger partial charge in [0.15, 0.2) is 17.5 Å². The van der Waals surface area contributed by atoms with E-state index in [1.54, 1.807) is 0 Å². The topological polar surface area (TPSA) is 18.5 Å². The first-order chi connectivity index (χ1) is 9.58. The average molecular weight is 306 g/mol. The van der Waals surface area contributed by atoms with E-state index in [9.17, 15) is 13.2 Å². The molecule has 0 spiro atoms. The fraction of sp³-hybridized carbons (Fsp3) is 0.571. The fourth-order valence-electron chi connectivity index (χ4n) is 1.98. The SMILES string of the molecule is CCO[SiH](CCCCc1cc(F)c(F)c(F)c1)OCC. The standard InChI is InChI=1S/C14H21F3O2Si/c1-3-18-20(19-4-2)8-6-5-7-11-9-12(15)14(17)13(16)10-11/h9-10,20H,3-8H2,1-2H3. The van der Waals surface area contributed by atoms with Crippen molar-refractivity contribution in [3.05, 3.63) is 35.1 Å². The van der Waals surface area contributed by atoms with E-state index in [-0.39, 0.29) is 0 Å². The highest BCUT2D eigenvalue weighted by molar-refractivity contribution is 6.44. The molecule has 6 heteroatoms. The second-order valence-electron chi connectivity index (χ2n) is 4.46. The summed E-state index contributed by atoms with van der Waals surface area (Å²) < 4.78 is 49.9.